The van der Waals surface area contributed by atoms with Gasteiger partial charge in [-0.2, -0.15) is 0 Å². The minimum absolute atomic E-state index is 0.236. The largest absolute Gasteiger partial charge is 0.488 e. The molecule has 2 unspecified atom stereocenters. The van der Waals surface area contributed by atoms with Crippen molar-refractivity contribution in [1.82, 2.24) is 5.32 Å². The molecule has 0 aliphatic carbocycles. The fraction of sp³-hybridized carbons (Fsp3) is 0.562. The highest BCUT2D eigenvalue weighted by atomic mass is 32.2. The lowest BCUT2D eigenvalue weighted by atomic mass is 10.1. The number of ether oxygens (including phenoxy) is 1. The van der Waals surface area contributed by atoms with Gasteiger partial charge in [-0.25, -0.2) is 0 Å². The summed E-state index contributed by atoms with van der Waals surface area (Å²) in [6, 6.07) is 8.30. The fourth-order valence-corrected chi connectivity index (χ4v) is 3.99. The van der Waals surface area contributed by atoms with Crippen molar-refractivity contribution in [1.29, 1.82) is 0 Å². The molecule has 1 aromatic carbocycles. The second-order valence-electron chi connectivity index (χ2n) is 5.95. The van der Waals surface area contributed by atoms with Crippen molar-refractivity contribution in [2.75, 3.05) is 13.1 Å². The minimum atomic E-state index is 0.236. The molecule has 4 heteroatoms. The Morgan fingerprint density at radius 1 is 1.40 bits per heavy atom. The maximum atomic E-state index is 5.93. The van der Waals surface area contributed by atoms with E-state index < -0.39 is 0 Å². The van der Waals surface area contributed by atoms with Gasteiger partial charge in [0.2, 0.25) is 0 Å². The zero-order chi connectivity index (χ0) is 13.9. The fourth-order valence-electron chi connectivity index (χ4n) is 2.73. The van der Waals surface area contributed by atoms with Crippen LogP contribution in [0.25, 0.3) is 0 Å². The molecule has 2 aliphatic heterocycles. The summed E-state index contributed by atoms with van der Waals surface area (Å²) >= 11 is 1.89. The van der Waals surface area contributed by atoms with E-state index in [4.69, 9.17) is 4.74 Å². The van der Waals surface area contributed by atoms with Crippen LogP contribution in [-0.4, -0.2) is 29.6 Å². The van der Waals surface area contributed by atoms with Crippen LogP contribution >= 0.6 is 11.8 Å². The molecule has 3 rings (SSSR count). The SMILES string of the molecule is CC(C)CC1CN=C(NCC2Cc3ccccc3O2)S1. The van der Waals surface area contributed by atoms with Gasteiger partial charge in [0.15, 0.2) is 5.17 Å². The summed E-state index contributed by atoms with van der Waals surface area (Å²) in [6.45, 7) is 6.34. The molecule has 0 saturated heterocycles. The summed E-state index contributed by atoms with van der Waals surface area (Å²) in [6.07, 6.45) is 2.47. The molecule has 0 bridgehead atoms. The third kappa shape index (κ3) is 3.29. The first-order chi connectivity index (χ1) is 9.70. The molecule has 0 aromatic heterocycles. The number of aliphatic imine (C=N–C) groups is 1. The van der Waals surface area contributed by atoms with Gasteiger partial charge in [0.25, 0.3) is 0 Å². The molecule has 0 spiro atoms. The molecule has 2 heterocycles. The van der Waals surface area contributed by atoms with Gasteiger partial charge in [0, 0.05) is 11.7 Å². The number of benzene rings is 1. The Morgan fingerprint density at radius 3 is 3.05 bits per heavy atom. The predicted octanol–water partition coefficient (Wildman–Crippen LogP) is 3.10. The number of rotatable bonds is 4. The summed E-state index contributed by atoms with van der Waals surface area (Å²) in [7, 11) is 0. The summed E-state index contributed by atoms with van der Waals surface area (Å²) in [5.41, 5.74) is 1.32. The average Bonchev–Trinajstić information content (AvgIpc) is 3.01. The quantitative estimate of drug-likeness (QED) is 0.925. The van der Waals surface area contributed by atoms with E-state index in [-0.39, 0.29) is 6.10 Å². The van der Waals surface area contributed by atoms with Crippen molar-refractivity contribution in [2.45, 2.75) is 38.0 Å². The highest BCUT2D eigenvalue weighted by molar-refractivity contribution is 8.14. The number of fused-ring (bicyclic) bond motifs is 1. The number of hydrogen-bond acceptors (Lipinski definition) is 4. The van der Waals surface area contributed by atoms with Crippen LogP contribution in [0.3, 0.4) is 0 Å². The van der Waals surface area contributed by atoms with Crippen LogP contribution in [0, 0.1) is 5.92 Å². The number of para-hydroxylation sites is 1. The van der Waals surface area contributed by atoms with E-state index in [1.165, 1.54) is 12.0 Å². The van der Waals surface area contributed by atoms with Crippen LogP contribution in [0.1, 0.15) is 25.8 Å². The van der Waals surface area contributed by atoms with E-state index in [1.807, 2.05) is 17.8 Å². The van der Waals surface area contributed by atoms with Crippen molar-refractivity contribution in [3.8, 4) is 5.75 Å². The van der Waals surface area contributed by atoms with Gasteiger partial charge in [-0.3, -0.25) is 4.99 Å². The molecular weight excluding hydrogens is 268 g/mol. The molecule has 108 valence electrons. The third-order valence-electron chi connectivity index (χ3n) is 3.65. The number of nitrogens with zero attached hydrogens (tertiary/aromatic N) is 1. The number of hydrogen-bond donors (Lipinski definition) is 1. The van der Waals surface area contributed by atoms with Gasteiger partial charge in [0.05, 0.1) is 13.1 Å². The summed E-state index contributed by atoms with van der Waals surface area (Å²) in [5.74, 6) is 1.78. The first-order valence-corrected chi connectivity index (χ1v) is 8.28. The highest BCUT2D eigenvalue weighted by Gasteiger charge is 2.24. The van der Waals surface area contributed by atoms with Gasteiger partial charge in [-0.1, -0.05) is 43.8 Å². The normalized spacial score (nSPS) is 24.4. The molecule has 2 atom stereocenters. The van der Waals surface area contributed by atoms with E-state index in [9.17, 15) is 0 Å². The van der Waals surface area contributed by atoms with E-state index >= 15 is 0 Å². The molecule has 3 nitrogen and oxygen atoms in total. The topological polar surface area (TPSA) is 33.6 Å². The number of thioether (sulfide) groups is 1. The molecule has 0 amide bonds. The first-order valence-electron chi connectivity index (χ1n) is 7.40. The highest BCUT2D eigenvalue weighted by Crippen LogP contribution is 2.29. The van der Waals surface area contributed by atoms with Gasteiger partial charge < -0.3 is 10.1 Å². The zero-order valence-corrected chi connectivity index (χ0v) is 13.0. The minimum Gasteiger partial charge on any atom is -0.488 e. The van der Waals surface area contributed by atoms with Crippen LogP contribution in [0.4, 0.5) is 0 Å². The Hall–Kier alpha value is -1.16. The summed E-state index contributed by atoms with van der Waals surface area (Å²) in [4.78, 5) is 4.59. The molecule has 20 heavy (non-hydrogen) atoms. The van der Waals surface area contributed by atoms with Crippen molar-refractivity contribution in [3.05, 3.63) is 29.8 Å². The van der Waals surface area contributed by atoms with Crippen molar-refractivity contribution < 1.29 is 4.74 Å². The van der Waals surface area contributed by atoms with Gasteiger partial charge >= 0.3 is 0 Å². The Bertz CT molecular complexity index is 476. The molecular formula is C16H22N2OS. The Balaban J connectivity index is 1.44. The molecule has 1 aromatic rings. The number of nitrogens with one attached hydrogen (secondary N) is 1. The van der Waals surface area contributed by atoms with Crippen LogP contribution < -0.4 is 10.1 Å². The van der Waals surface area contributed by atoms with Gasteiger partial charge in [0.1, 0.15) is 11.9 Å². The zero-order valence-electron chi connectivity index (χ0n) is 12.1. The van der Waals surface area contributed by atoms with E-state index in [2.05, 4.69) is 42.4 Å². The second-order valence-corrected chi connectivity index (χ2v) is 7.24. The van der Waals surface area contributed by atoms with Gasteiger partial charge in [-0.05, 0) is 24.0 Å². The molecule has 0 radical (unpaired) electrons. The first kappa shape index (κ1) is 13.8. The summed E-state index contributed by atoms with van der Waals surface area (Å²) < 4.78 is 5.93. The lowest BCUT2D eigenvalue weighted by Crippen LogP contribution is -2.32. The Morgan fingerprint density at radius 2 is 2.25 bits per heavy atom. The standard InChI is InChI=1S/C16H22N2OS/c1-11(2)7-14-10-18-16(20-14)17-9-13-8-12-5-3-4-6-15(12)19-13/h3-6,11,13-14H,7-10H2,1-2H3,(H,17,18). The lowest BCUT2D eigenvalue weighted by molar-refractivity contribution is 0.235. The van der Waals surface area contributed by atoms with E-state index in [0.29, 0.717) is 5.25 Å². The Kier molecular flexibility index (Phi) is 4.20. The van der Waals surface area contributed by atoms with Crippen LogP contribution in [0.15, 0.2) is 29.3 Å². The Labute approximate surface area is 125 Å². The van der Waals surface area contributed by atoms with E-state index in [0.717, 1.165) is 36.3 Å². The van der Waals surface area contributed by atoms with E-state index in [1.54, 1.807) is 0 Å². The molecule has 0 saturated carbocycles. The maximum absolute atomic E-state index is 5.93. The lowest BCUT2D eigenvalue weighted by Gasteiger charge is -2.14. The smallest absolute Gasteiger partial charge is 0.157 e. The van der Waals surface area contributed by atoms with Crippen molar-refractivity contribution >= 4 is 16.9 Å². The maximum Gasteiger partial charge on any atom is 0.157 e. The second kappa shape index (κ2) is 6.08. The van der Waals surface area contributed by atoms with Crippen LogP contribution in [-0.2, 0) is 6.42 Å². The number of amidine groups is 1. The van der Waals surface area contributed by atoms with Crippen LogP contribution in [0.5, 0.6) is 5.75 Å². The average molecular weight is 290 g/mol. The van der Waals surface area contributed by atoms with Gasteiger partial charge in [-0.15, -0.1) is 0 Å². The predicted molar refractivity (Wildman–Crippen MR) is 85.7 cm³/mol. The molecule has 2 aliphatic rings. The molecule has 1 N–H and O–H groups in total. The monoisotopic (exact) mass is 290 g/mol. The summed E-state index contributed by atoms with van der Waals surface area (Å²) in [5, 5.41) is 5.19. The third-order valence-corrected chi connectivity index (χ3v) is 4.82. The van der Waals surface area contributed by atoms with Crippen molar-refractivity contribution in [3.63, 3.8) is 0 Å². The molecule has 0 fully saturated rings. The van der Waals surface area contributed by atoms with Crippen LogP contribution in [0.2, 0.25) is 0 Å². The van der Waals surface area contributed by atoms with Crippen molar-refractivity contribution in [2.24, 2.45) is 10.9 Å².